The number of carbonyl (C=O) groups is 1. The lowest BCUT2D eigenvalue weighted by Gasteiger charge is -2.09. The van der Waals surface area contributed by atoms with Crippen molar-refractivity contribution in [3.05, 3.63) is 52.8 Å². The molecule has 0 saturated carbocycles. The Morgan fingerprint density at radius 2 is 2.00 bits per heavy atom. The van der Waals surface area contributed by atoms with Crippen LogP contribution in [0.15, 0.2) is 51.8 Å². The molecule has 1 amide bonds. The number of hydrogen-bond donors (Lipinski definition) is 2. The number of ether oxygens (including phenoxy) is 1. The highest BCUT2D eigenvalue weighted by molar-refractivity contribution is 9.10. The minimum absolute atomic E-state index is 0.113. The molecule has 0 fully saturated rings. The van der Waals surface area contributed by atoms with E-state index in [4.69, 9.17) is 9.88 Å². The van der Waals surface area contributed by atoms with E-state index >= 15 is 0 Å². The molecule has 9 heteroatoms. The Hall–Kier alpha value is -1.97. The van der Waals surface area contributed by atoms with Crippen molar-refractivity contribution in [2.75, 3.05) is 11.9 Å². The Kier molecular flexibility index (Phi) is 5.34. The van der Waals surface area contributed by atoms with Crippen molar-refractivity contribution in [2.24, 2.45) is 5.14 Å². The number of amides is 1. The van der Waals surface area contributed by atoms with Crippen LogP contribution in [0.3, 0.4) is 0 Å². The lowest BCUT2D eigenvalue weighted by atomic mass is 10.3. The summed E-state index contributed by atoms with van der Waals surface area (Å²) in [7, 11) is -3.85. The molecule has 0 heterocycles. The highest BCUT2D eigenvalue weighted by Crippen LogP contribution is 2.25. The van der Waals surface area contributed by atoms with Crippen LogP contribution >= 0.6 is 15.9 Å². The molecule has 0 aromatic heterocycles. The van der Waals surface area contributed by atoms with E-state index in [-0.39, 0.29) is 17.2 Å². The number of hydrogen-bond acceptors (Lipinski definition) is 4. The third kappa shape index (κ3) is 5.02. The number of carbonyl (C=O) groups excluding carboxylic acids is 1. The molecule has 2 aromatic carbocycles. The normalized spacial score (nSPS) is 11.1. The van der Waals surface area contributed by atoms with Crippen molar-refractivity contribution in [1.29, 1.82) is 0 Å². The molecule has 0 unspecified atom stereocenters. The number of primary sulfonamides is 1. The Labute approximate surface area is 140 Å². The molecule has 0 aliphatic heterocycles. The Morgan fingerprint density at radius 1 is 1.26 bits per heavy atom. The molecular weight excluding hydrogens is 391 g/mol. The van der Waals surface area contributed by atoms with E-state index in [1.807, 2.05) is 0 Å². The van der Waals surface area contributed by atoms with Gasteiger partial charge in [0.2, 0.25) is 10.0 Å². The molecule has 122 valence electrons. The Morgan fingerprint density at radius 3 is 2.65 bits per heavy atom. The van der Waals surface area contributed by atoms with E-state index in [0.717, 1.165) is 0 Å². The van der Waals surface area contributed by atoms with Crippen LogP contribution in [0.25, 0.3) is 0 Å². The van der Waals surface area contributed by atoms with Gasteiger partial charge in [0.1, 0.15) is 11.6 Å². The first-order valence-electron chi connectivity index (χ1n) is 6.26. The number of sulfonamides is 1. The summed E-state index contributed by atoms with van der Waals surface area (Å²) in [5.74, 6) is -0.638. The fourth-order valence-electron chi connectivity index (χ4n) is 1.68. The van der Waals surface area contributed by atoms with Gasteiger partial charge in [-0.3, -0.25) is 4.79 Å². The third-order valence-electron chi connectivity index (χ3n) is 2.70. The fourth-order valence-corrected chi connectivity index (χ4v) is 2.71. The molecule has 0 bridgehead atoms. The van der Waals surface area contributed by atoms with E-state index in [1.54, 1.807) is 0 Å². The van der Waals surface area contributed by atoms with Crippen LogP contribution < -0.4 is 15.2 Å². The summed E-state index contributed by atoms with van der Waals surface area (Å²) in [5, 5.41) is 7.50. The van der Waals surface area contributed by atoms with Gasteiger partial charge in [0.25, 0.3) is 5.91 Å². The minimum atomic E-state index is -3.85. The van der Waals surface area contributed by atoms with E-state index in [0.29, 0.717) is 10.2 Å². The first-order chi connectivity index (χ1) is 10.8. The second-order valence-corrected chi connectivity index (χ2v) is 6.90. The SMILES string of the molecule is NS(=O)(=O)c1cccc(NC(=O)COc2ccc(F)cc2Br)c1. The Balaban J connectivity index is 2.00. The van der Waals surface area contributed by atoms with Crippen molar-refractivity contribution in [2.45, 2.75) is 4.90 Å². The van der Waals surface area contributed by atoms with Gasteiger partial charge in [0.05, 0.1) is 9.37 Å². The zero-order chi connectivity index (χ0) is 17.0. The second-order valence-electron chi connectivity index (χ2n) is 4.48. The first-order valence-corrected chi connectivity index (χ1v) is 8.60. The molecule has 0 aliphatic rings. The first kappa shape index (κ1) is 17.4. The number of benzene rings is 2. The maximum atomic E-state index is 12.9. The quantitative estimate of drug-likeness (QED) is 0.800. The molecule has 2 rings (SSSR count). The van der Waals surface area contributed by atoms with Crippen molar-refractivity contribution in [3.8, 4) is 5.75 Å². The van der Waals surface area contributed by atoms with Gasteiger partial charge in [-0.15, -0.1) is 0 Å². The number of halogens is 2. The molecule has 0 saturated heterocycles. The van der Waals surface area contributed by atoms with Crippen LogP contribution in [0, 0.1) is 5.82 Å². The van der Waals surface area contributed by atoms with Gasteiger partial charge in [-0.2, -0.15) is 0 Å². The van der Waals surface area contributed by atoms with E-state index in [1.165, 1.54) is 42.5 Å². The molecule has 0 aliphatic carbocycles. The summed E-state index contributed by atoms with van der Waals surface area (Å²) in [4.78, 5) is 11.7. The van der Waals surface area contributed by atoms with Crippen LogP contribution in [0.5, 0.6) is 5.75 Å². The molecule has 2 aromatic rings. The smallest absolute Gasteiger partial charge is 0.262 e. The maximum absolute atomic E-state index is 12.9. The van der Waals surface area contributed by atoms with Gasteiger partial charge < -0.3 is 10.1 Å². The van der Waals surface area contributed by atoms with E-state index in [2.05, 4.69) is 21.2 Å². The lowest BCUT2D eigenvalue weighted by molar-refractivity contribution is -0.118. The number of nitrogens with two attached hydrogens (primary N) is 1. The largest absolute Gasteiger partial charge is 0.483 e. The Bertz CT molecular complexity index is 842. The molecule has 3 N–H and O–H groups in total. The van der Waals surface area contributed by atoms with Crippen LogP contribution in [-0.4, -0.2) is 20.9 Å². The summed E-state index contributed by atoms with van der Waals surface area (Å²) < 4.78 is 41.1. The van der Waals surface area contributed by atoms with E-state index < -0.39 is 21.7 Å². The van der Waals surface area contributed by atoms with Gasteiger partial charge >= 0.3 is 0 Å². The van der Waals surface area contributed by atoms with Crippen LogP contribution in [0.2, 0.25) is 0 Å². The van der Waals surface area contributed by atoms with Crippen LogP contribution in [0.4, 0.5) is 10.1 Å². The zero-order valence-corrected chi connectivity index (χ0v) is 14.0. The highest BCUT2D eigenvalue weighted by atomic mass is 79.9. The summed E-state index contributed by atoms with van der Waals surface area (Å²) in [6.45, 7) is -0.330. The monoisotopic (exact) mass is 402 g/mol. The summed E-state index contributed by atoms with van der Waals surface area (Å²) in [6, 6.07) is 9.32. The molecular formula is C14H12BrFN2O4S. The van der Waals surface area contributed by atoms with Gasteiger partial charge in [-0.25, -0.2) is 17.9 Å². The average molecular weight is 403 g/mol. The standard InChI is InChI=1S/C14H12BrFN2O4S/c15-12-6-9(16)4-5-13(12)22-8-14(19)18-10-2-1-3-11(7-10)23(17,20)21/h1-7H,8H2,(H,18,19)(H2,17,20,21). The lowest BCUT2D eigenvalue weighted by Crippen LogP contribution is -2.20. The number of rotatable bonds is 5. The summed E-state index contributed by atoms with van der Waals surface area (Å²) in [6.07, 6.45) is 0. The third-order valence-corrected chi connectivity index (χ3v) is 4.23. The molecule has 0 spiro atoms. The molecule has 6 nitrogen and oxygen atoms in total. The van der Waals surface area contributed by atoms with Crippen LogP contribution in [-0.2, 0) is 14.8 Å². The maximum Gasteiger partial charge on any atom is 0.262 e. The predicted octanol–water partition coefficient (Wildman–Crippen LogP) is 2.25. The molecule has 0 atom stereocenters. The van der Waals surface area contributed by atoms with Gasteiger partial charge in [0.15, 0.2) is 6.61 Å². The second kappa shape index (κ2) is 7.07. The summed E-state index contributed by atoms with van der Waals surface area (Å²) in [5.41, 5.74) is 0.267. The van der Waals surface area contributed by atoms with Gasteiger partial charge in [-0.05, 0) is 52.3 Å². The van der Waals surface area contributed by atoms with Crippen molar-refractivity contribution in [3.63, 3.8) is 0 Å². The predicted molar refractivity (Wildman–Crippen MR) is 86.0 cm³/mol. The molecule has 0 radical (unpaired) electrons. The number of anilines is 1. The van der Waals surface area contributed by atoms with Crippen molar-refractivity contribution in [1.82, 2.24) is 0 Å². The summed E-state index contributed by atoms with van der Waals surface area (Å²) >= 11 is 3.12. The van der Waals surface area contributed by atoms with Gasteiger partial charge in [0, 0.05) is 5.69 Å². The van der Waals surface area contributed by atoms with Crippen molar-refractivity contribution < 1.29 is 22.3 Å². The number of nitrogens with one attached hydrogen (secondary N) is 1. The fraction of sp³-hybridized carbons (Fsp3) is 0.0714. The van der Waals surface area contributed by atoms with Crippen molar-refractivity contribution >= 4 is 37.5 Å². The topological polar surface area (TPSA) is 98.5 Å². The van der Waals surface area contributed by atoms with E-state index in [9.17, 15) is 17.6 Å². The van der Waals surface area contributed by atoms with Crippen LogP contribution in [0.1, 0.15) is 0 Å². The average Bonchev–Trinajstić information content (AvgIpc) is 2.45. The molecule has 23 heavy (non-hydrogen) atoms. The zero-order valence-electron chi connectivity index (χ0n) is 11.6. The van der Waals surface area contributed by atoms with Gasteiger partial charge in [-0.1, -0.05) is 6.07 Å². The minimum Gasteiger partial charge on any atom is -0.483 e. The highest BCUT2D eigenvalue weighted by Gasteiger charge is 2.10.